The van der Waals surface area contributed by atoms with Gasteiger partial charge in [0.05, 0.1) is 11.6 Å². The molecule has 1 amide bonds. The molecule has 1 fully saturated rings. The van der Waals surface area contributed by atoms with Crippen LogP contribution in [0.2, 0.25) is 0 Å². The number of hydrogen-bond acceptors (Lipinski definition) is 5. The van der Waals surface area contributed by atoms with Crippen LogP contribution in [0, 0.1) is 0 Å². The lowest BCUT2D eigenvalue weighted by molar-refractivity contribution is -0.274. The van der Waals surface area contributed by atoms with Crippen LogP contribution >= 0.6 is 0 Å². The van der Waals surface area contributed by atoms with Crippen molar-refractivity contribution in [3.63, 3.8) is 0 Å². The van der Waals surface area contributed by atoms with E-state index in [1.165, 1.54) is 12.1 Å². The van der Waals surface area contributed by atoms with Crippen LogP contribution in [-0.2, 0) is 0 Å². The van der Waals surface area contributed by atoms with E-state index in [-0.39, 0.29) is 35.1 Å². The molecule has 36 heavy (non-hydrogen) atoms. The minimum absolute atomic E-state index is 0.128. The van der Waals surface area contributed by atoms with E-state index in [4.69, 9.17) is 0 Å². The number of alkyl halides is 3. The third-order valence-electron chi connectivity index (χ3n) is 6.78. The van der Waals surface area contributed by atoms with Gasteiger partial charge in [0.1, 0.15) is 5.75 Å². The second-order valence-electron chi connectivity index (χ2n) is 9.14. The first kappa shape index (κ1) is 24.1. The number of nitrogens with zero attached hydrogens (tertiary/aromatic N) is 3. The number of halogens is 3. The van der Waals surface area contributed by atoms with E-state index in [0.29, 0.717) is 49.9 Å². The molecule has 3 aromatic rings. The van der Waals surface area contributed by atoms with Gasteiger partial charge in [0, 0.05) is 30.9 Å². The number of imidazole rings is 1. The first-order valence-electron chi connectivity index (χ1n) is 11.8. The number of pyridine rings is 1. The highest BCUT2D eigenvalue weighted by Crippen LogP contribution is 2.30. The summed E-state index contributed by atoms with van der Waals surface area (Å²) < 4.78 is 42.6. The van der Waals surface area contributed by atoms with Crippen LogP contribution in [0.3, 0.4) is 0 Å². The fourth-order valence-electron chi connectivity index (χ4n) is 4.93. The molecule has 2 aliphatic rings. The number of fused-ring (bicyclic) bond motifs is 1. The monoisotopic (exact) mass is 502 g/mol. The third kappa shape index (κ3) is 5.01. The van der Waals surface area contributed by atoms with E-state index < -0.39 is 6.36 Å². The molecule has 0 radical (unpaired) electrons. The van der Waals surface area contributed by atoms with Crippen LogP contribution in [0.1, 0.15) is 54.1 Å². The number of H-pyrrole nitrogens is 1. The lowest BCUT2D eigenvalue weighted by Gasteiger charge is -2.32. The molecular formula is C25H25F3N4O4. The Morgan fingerprint density at radius 3 is 2.50 bits per heavy atom. The number of benzene rings is 1. The van der Waals surface area contributed by atoms with Crippen LogP contribution in [0.25, 0.3) is 16.7 Å². The molecule has 3 heterocycles. The summed E-state index contributed by atoms with van der Waals surface area (Å²) in [7, 11) is 0. The predicted octanol–water partition coefficient (Wildman–Crippen LogP) is 4.03. The van der Waals surface area contributed by atoms with Gasteiger partial charge in [-0.05, 0) is 73.6 Å². The van der Waals surface area contributed by atoms with Crippen LogP contribution < -0.4 is 10.4 Å². The van der Waals surface area contributed by atoms with Gasteiger partial charge in [-0.15, -0.1) is 13.2 Å². The van der Waals surface area contributed by atoms with Crippen molar-refractivity contribution >= 4 is 22.6 Å². The van der Waals surface area contributed by atoms with Crippen LogP contribution in [0.4, 0.5) is 13.2 Å². The Morgan fingerprint density at radius 1 is 1.14 bits per heavy atom. The van der Waals surface area contributed by atoms with E-state index in [2.05, 4.69) is 14.7 Å². The molecule has 5 rings (SSSR count). The number of amides is 1. The summed E-state index contributed by atoms with van der Waals surface area (Å²) in [4.78, 5) is 34.5. The van der Waals surface area contributed by atoms with Gasteiger partial charge in [-0.25, -0.2) is 9.78 Å². The van der Waals surface area contributed by atoms with Crippen LogP contribution in [0.15, 0.2) is 47.4 Å². The van der Waals surface area contributed by atoms with E-state index in [9.17, 15) is 27.9 Å². The molecule has 1 aliphatic carbocycles. The number of allylic oxidation sites excluding steroid dienone is 1. The van der Waals surface area contributed by atoms with Gasteiger partial charge in [-0.2, -0.15) is 0 Å². The summed E-state index contributed by atoms with van der Waals surface area (Å²) in [5.41, 5.74) is 3.24. The fourth-order valence-corrected chi connectivity index (χ4v) is 4.93. The van der Waals surface area contributed by atoms with Crippen LogP contribution in [0.5, 0.6) is 5.75 Å². The largest absolute Gasteiger partial charge is 0.573 e. The normalized spacial score (nSPS) is 19.4. The van der Waals surface area contributed by atoms with Crippen molar-refractivity contribution in [3.8, 4) is 5.75 Å². The second kappa shape index (κ2) is 9.45. The lowest BCUT2D eigenvalue weighted by Crippen LogP contribution is -2.40. The van der Waals surface area contributed by atoms with Crippen molar-refractivity contribution in [2.75, 3.05) is 13.1 Å². The number of ether oxygens (including phenoxy) is 1. The molecule has 2 aromatic heterocycles. The quantitative estimate of drug-likeness (QED) is 0.561. The zero-order chi connectivity index (χ0) is 25.4. The number of carbonyl (C=O) groups excluding carboxylic acids is 1. The van der Waals surface area contributed by atoms with Crippen molar-refractivity contribution in [2.45, 2.75) is 50.6 Å². The molecule has 0 saturated carbocycles. The molecule has 1 saturated heterocycles. The molecule has 0 spiro atoms. The average molecular weight is 502 g/mol. The fraction of sp³-hybridized carbons (Fsp3) is 0.400. The van der Waals surface area contributed by atoms with Gasteiger partial charge in [0.2, 0.25) is 0 Å². The molecule has 1 aliphatic heterocycles. The molecule has 0 unspecified atom stereocenters. The van der Waals surface area contributed by atoms with Gasteiger partial charge in [0.15, 0.2) is 5.65 Å². The number of nitrogens with one attached hydrogen (secondary N) is 1. The van der Waals surface area contributed by atoms with E-state index in [1.807, 2.05) is 12.1 Å². The summed E-state index contributed by atoms with van der Waals surface area (Å²) in [5.74, 6) is -0.668. The maximum absolute atomic E-state index is 12.9. The number of aromatic amines is 1. The zero-order valence-corrected chi connectivity index (χ0v) is 19.3. The van der Waals surface area contributed by atoms with Gasteiger partial charge in [0.25, 0.3) is 5.91 Å². The van der Waals surface area contributed by atoms with Gasteiger partial charge in [-0.3, -0.25) is 14.3 Å². The predicted molar refractivity (Wildman–Crippen MR) is 125 cm³/mol. The number of hydrogen-bond donors (Lipinski definition) is 2. The number of aromatic nitrogens is 3. The number of aliphatic hydroxyl groups excluding tert-OH is 1. The van der Waals surface area contributed by atoms with Crippen molar-refractivity contribution in [3.05, 3.63) is 64.2 Å². The summed E-state index contributed by atoms with van der Waals surface area (Å²) in [6.45, 7) is 0.805. The summed E-state index contributed by atoms with van der Waals surface area (Å²) in [6.07, 6.45) is 1.75. The molecule has 11 heteroatoms. The third-order valence-corrected chi connectivity index (χ3v) is 6.78. The van der Waals surface area contributed by atoms with E-state index in [0.717, 1.165) is 29.7 Å². The average Bonchev–Trinajstić information content (AvgIpc) is 3.18. The standard InChI is InChI=1S/C25H25F3N4O4/c26-25(27,28)36-20-7-3-16(4-8-20)23(34)31-11-9-18(10-12-31)32-21-13-17(14-29-22(21)30-24(32)35)15-1-5-19(33)6-2-15/h1,3-4,7-8,13-14,18-19,33H,2,5-6,9-12H2,(H,29,30,35)/t19-/m0/s1. The maximum Gasteiger partial charge on any atom is 0.573 e. The molecule has 1 atom stereocenters. The van der Waals surface area contributed by atoms with Crippen molar-refractivity contribution in [1.82, 2.24) is 19.4 Å². The highest BCUT2D eigenvalue weighted by Gasteiger charge is 2.31. The molecule has 1 aromatic carbocycles. The summed E-state index contributed by atoms with van der Waals surface area (Å²) >= 11 is 0. The second-order valence-corrected chi connectivity index (χ2v) is 9.14. The topological polar surface area (TPSA) is 100 Å². The highest BCUT2D eigenvalue weighted by molar-refractivity contribution is 5.94. The zero-order valence-electron chi connectivity index (χ0n) is 19.3. The Morgan fingerprint density at radius 2 is 1.86 bits per heavy atom. The maximum atomic E-state index is 12.9. The summed E-state index contributed by atoms with van der Waals surface area (Å²) in [6, 6.07) is 6.68. The number of aliphatic hydroxyl groups is 1. The number of piperidine rings is 1. The van der Waals surface area contributed by atoms with Gasteiger partial charge >= 0.3 is 12.1 Å². The molecule has 8 nitrogen and oxygen atoms in total. The number of rotatable bonds is 4. The first-order valence-corrected chi connectivity index (χ1v) is 11.8. The molecule has 0 bridgehead atoms. The number of carbonyl (C=O) groups is 1. The minimum Gasteiger partial charge on any atom is -0.406 e. The lowest BCUT2D eigenvalue weighted by atomic mass is 9.93. The Balaban J connectivity index is 1.29. The first-order chi connectivity index (χ1) is 17.2. The van der Waals surface area contributed by atoms with Crippen molar-refractivity contribution < 1.29 is 27.8 Å². The molecular weight excluding hydrogens is 477 g/mol. The summed E-state index contributed by atoms with van der Waals surface area (Å²) in [5, 5.41) is 9.76. The Bertz CT molecular complexity index is 1350. The Kier molecular flexibility index (Phi) is 6.33. The van der Waals surface area contributed by atoms with Crippen molar-refractivity contribution in [1.29, 1.82) is 0 Å². The van der Waals surface area contributed by atoms with Gasteiger partial charge < -0.3 is 14.7 Å². The molecule has 190 valence electrons. The Labute approximate surface area is 204 Å². The van der Waals surface area contributed by atoms with E-state index >= 15 is 0 Å². The van der Waals surface area contributed by atoms with Crippen molar-refractivity contribution in [2.24, 2.45) is 0 Å². The molecule has 2 N–H and O–H groups in total. The Hall–Kier alpha value is -3.60. The highest BCUT2D eigenvalue weighted by atomic mass is 19.4. The SMILES string of the molecule is O=C(c1ccc(OC(F)(F)F)cc1)N1CCC(n2c(=O)[nH]c3ncc(C4=CC[C@H](O)CC4)cc32)CC1. The smallest absolute Gasteiger partial charge is 0.406 e. The van der Waals surface area contributed by atoms with Gasteiger partial charge in [-0.1, -0.05) is 6.08 Å². The van der Waals surface area contributed by atoms with Crippen LogP contribution in [-0.4, -0.2) is 56.0 Å². The van der Waals surface area contributed by atoms with E-state index in [1.54, 1.807) is 15.7 Å². The minimum atomic E-state index is -4.79. The number of likely N-dealkylation sites (tertiary alicyclic amines) is 1.